The first-order valence-electron chi connectivity index (χ1n) is 8.16. The summed E-state index contributed by atoms with van der Waals surface area (Å²) >= 11 is 0. The Kier molecular flexibility index (Phi) is 2.84. The van der Waals surface area contributed by atoms with Crippen molar-refractivity contribution in [2.24, 2.45) is 5.92 Å². The van der Waals surface area contributed by atoms with Gasteiger partial charge in [-0.3, -0.25) is 9.59 Å². The van der Waals surface area contributed by atoms with Crippen LogP contribution >= 0.6 is 0 Å². The van der Waals surface area contributed by atoms with E-state index in [0.717, 1.165) is 25.1 Å². The first kappa shape index (κ1) is 13.7. The Labute approximate surface area is 131 Å². The Balaban J connectivity index is 1.89. The molecule has 1 aliphatic carbocycles. The maximum absolute atomic E-state index is 12.7. The third-order valence-electron chi connectivity index (χ3n) is 5.55. The van der Waals surface area contributed by atoms with E-state index in [9.17, 15) is 9.59 Å². The predicted molar refractivity (Wildman–Crippen MR) is 84.3 cm³/mol. The molecule has 4 rings (SSSR count). The van der Waals surface area contributed by atoms with Crippen LogP contribution in [-0.4, -0.2) is 23.0 Å². The molecule has 0 amide bonds. The monoisotopic (exact) mass is 295 g/mol. The van der Waals surface area contributed by atoms with Crippen LogP contribution in [0, 0.1) is 5.92 Å². The summed E-state index contributed by atoms with van der Waals surface area (Å²) < 4.78 is 0. The number of hydrogen-bond donors (Lipinski definition) is 0. The number of carbonyl (C=O) groups excluding carboxylic acids is 2. The highest BCUT2D eigenvalue weighted by molar-refractivity contribution is 6.22. The number of ketones is 2. The van der Waals surface area contributed by atoms with E-state index in [2.05, 4.69) is 43.0 Å². The molecular formula is C19H21NO2. The average molecular weight is 295 g/mol. The summed E-state index contributed by atoms with van der Waals surface area (Å²) in [5.41, 5.74) is 3.83. The first-order valence-corrected chi connectivity index (χ1v) is 8.16. The van der Waals surface area contributed by atoms with E-state index < -0.39 is 0 Å². The maximum Gasteiger partial charge on any atom is 0.170 e. The molecule has 114 valence electrons. The number of allylic oxidation sites excluding steroid dienone is 2. The number of Topliss-reactive ketones (excluding diaryl/α,β-unsaturated/α-hetero) is 2. The second kappa shape index (κ2) is 4.55. The standard InChI is InChI=1S/C19H21NO2/c1-12-9-15-18(16(21)10-12)17(22)11-19(2)14-6-4-3-5-13(14)7-8-20(15)19/h3-6,12H,7-11H2,1-2H3/t12-,19+/m1/s1. The van der Waals surface area contributed by atoms with Crippen molar-refractivity contribution in [3.05, 3.63) is 46.7 Å². The van der Waals surface area contributed by atoms with E-state index in [-0.39, 0.29) is 17.1 Å². The lowest BCUT2D eigenvalue weighted by Crippen LogP contribution is -2.54. The summed E-state index contributed by atoms with van der Waals surface area (Å²) in [6, 6.07) is 8.44. The van der Waals surface area contributed by atoms with Crippen molar-refractivity contribution >= 4 is 11.6 Å². The topological polar surface area (TPSA) is 37.4 Å². The number of fused-ring (bicyclic) bond motifs is 4. The summed E-state index contributed by atoms with van der Waals surface area (Å²) in [5, 5.41) is 0. The van der Waals surface area contributed by atoms with Crippen LogP contribution in [0.25, 0.3) is 0 Å². The summed E-state index contributed by atoms with van der Waals surface area (Å²) in [6.07, 6.45) is 2.78. The zero-order chi connectivity index (χ0) is 15.5. The predicted octanol–water partition coefficient (Wildman–Crippen LogP) is 2.99. The van der Waals surface area contributed by atoms with Crippen LogP contribution in [-0.2, 0) is 21.5 Å². The number of hydrogen-bond acceptors (Lipinski definition) is 3. The van der Waals surface area contributed by atoms with Gasteiger partial charge in [0, 0.05) is 25.1 Å². The second-order valence-corrected chi connectivity index (χ2v) is 7.19. The molecule has 0 spiro atoms. The van der Waals surface area contributed by atoms with Crippen molar-refractivity contribution < 1.29 is 9.59 Å². The molecule has 0 N–H and O–H groups in total. The molecule has 0 aromatic heterocycles. The highest BCUT2D eigenvalue weighted by Gasteiger charge is 2.48. The molecule has 1 aromatic rings. The Morgan fingerprint density at radius 3 is 2.73 bits per heavy atom. The molecule has 3 heteroatoms. The van der Waals surface area contributed by atoms with Crippen LogP contribution in [0.2, 0.25) is 0 Å². The van der Waals surface area contributed by atoms with Crippen LogP contribution in [0.3, 0.4) is 0 Å². The van der Waals surface area contributed by atoms with Crippen molar-refractivity contribution in [3.63, 3.8) is 0 Å². The van der Waals surface area contributed by atoms with Gasteiger partial charge in [-0.25, -0.2) is 0 Å². The Morgan fingerprint density at radius 2 is 1.91 bits per heavy atom. The number of benzene rings is 1. The molecule has 2 atom stereocenters. The van der Waals surface area contributed by atoms with E-state index >= 15 is 0 Å². The number of carbonyl (C=O) groups is 2. The van der Waals surface area contributed by atoms with Gasteiger partial charge in [-0.1, -0.05) is 31.2 Å². The van der Waals surface area contributed by atoms with Gasteiger partial charge in [0.25, 0.3) is 0 Å². The van der Waals surface area contributed by atoms with E-state index in [0.29, 0.717) is 24.3 Å². The highest BCUT2D eigenvalue weighted by Crippen LogP contribution is 2.47. The third-order valence-corrected chi connectivity index (χ3v) is 5.55. The van der Waals surface area contributed by atoms with Crippen LogP contribution < -0.4 is 0 Å². The average Bonchev–Trinajstić information content (AvgIpc) is 2.46. The summed E-state index contributed by atoms with van der Waals surface area (Å²) in [7, 11) is 0. The molecule has 22 heavy (non-hydrogen) atoms. The fraction of sp³-hybridized carbons (Fsp3) is 0.474. The maximum atomic E-state index is 12.7. The minimum absolute atomic E-state index is 0.0438. The van der Waals surface area contributed by atoms with Crippen molar-refractivity contribution in [3.8, 4) is 0 Å². The van der Waals surface area contributed by atoms with Gasteiger partial charge >= 0.3 is 0 Å². The first-order chi connectivity index (χ1) is 10.5. The number of rotatable bonds is 0. The minimum atomic E-state index is -0.290. The summed E-state index contributed by atoms with van der Waals surface area (Å²) in [6.45, 7) is 5.17. The molecular weight excluding hydrogens is 274 g/mol. The van der Waals surface area contributed by atoms with Gasteiger partial charge in [-0.15, -0.1) is 0 Å². The lowest BCUT2D eigenvalue weighted by atomic mass is 9.71. The molecule has 2 aliphatic heterocycles. The fourth-order valence-corrected chi connectivity index (χ4v) is 4.56. The van der Waals surface area contributed by atoms with E-state index in [1.54, 1.807) is 0 Å². The minimum Gasteiger partial charge on any atom is -0.364 e. The molecule has 0 unspecified atom stereocenters. The van der Waals surface area contributed by atoms with E-state index in [4.69, 9.17) is 0 Å². The Morgan fingerprint density at radius 1 is 1.14 bits per heavy atom. The summed E-state index contributed by atoms with van der Waals surface area (Å²) in [4.78, 5) is 27.4. The lowest BCUT2D eigenvalue weighted by molar-refractivity contribution is -0.126. The van der Waals surface area contributed by atoms with Crippen LogP contribution in [0.4, 0.5) is 0 Å². The second-order valence-electron chi connectivity index (χ2n) is 7.19. The van der Waals surface area contributed by atoms with Crippen molar-refractivity contribution in [2.45, 2.75) is 45.1 Å². The van der Waals surface area contributed by atoms with E-state index in [1.165, 1.54) is 11.1 Å². The lowest BCUT2D eigenvalue weighted by Gasteiger charge is -2.52. The molecule has 0 saturated carbocycles. The highest BCUT2D eigenvalue weighted by atomic mass is 16.1. The van der Waals surface area contributed by atoms with Gasteiger partial charge in [0.2, 0.25) is 0 Å². The molecule has 3 aliphatic rings. The molecule has 0 bridgehead atoms. The molecule has 2 heterocycles. The molecule has 0 fully saturated rings. The van der Waals surface area contributed by atoms with Crippen LogP contribution in [0.5, 0.6) is 0 Å². The van der Waals surface area contributed by atoms with Crippen molar-refractivity contribution in [1.29, 1.82) is 0 Å². The van der Waals surface area contributed by atoms with Gasteiger partial charge in [-0.2, -0.15) is 0 Å². The summed E-state index contributed by atoms with van der Waals surface area (Å²) in [5.74, 6) is 0.431. The fourth-order valence-electron chi connectivity index (χ4n) is 4.56. The van der Waals surface area contributed by atoms with Crippen LogP contribution in [0.15, 0.2) is 35.5 Å². The van der Waals surface area contributed by atoms with Crippen molar-refractivity contribution in [2.75, 3.05) is 6.54 Å². The van der Waals surface area contributed by atoms with Gasteiger partial charge in [0.15, 0.2) is 11.6 Å². The van der Waals surface area contributed by atoms with Gasteiger partial charge in [0.05, 0.1) is 11.1 Å². The molecule has 1 aromatic carbocycles. The van der Waals surface area contributed by atoms with Gasteiger partial charge in [-0.05, 0) is 36.8 Å². The molecule has 0 saturated heterocycles. The zero-order valence-corrected chi connectivity index (χ0v) is 13.2. The molecule has 3 nitrogen and oxygen atoms in total. The third kappa shape index (κ3) is 1.74. The van der Waals surface area contributed by atoms with Gasteiger partial charge in [0.1, 0.15) is 0 Å². The SMILES string of the molecule is C[C@H]1CC(=O)C2=C(C1)N1CCc3ccccc3[C@]1(C)CC2=O. The Bertz CT molecular complexity index is 718. The number of nitrogens with zero attached hydrogens (tertiary/aromatic N) is 1. The molecule has 0 radical (unpaired) electrons. The Hall–Kier alpha value is -1.90. The zero-order valence-electron chi connectivity index (χ0n) is 13.2. The van der Waals surface area contributed by atoms with Crippen LogP contribution in [0.1, 0.15) is 44.2 Å². The largest absolute Gasteiger partial charge is 0.364 e. The van der Waals surface area contributed by atoms with Gasteiger partial charge < -0.3 is 4.90 Å². The quantitative estimate of drug-likeness (QED) is 0.691. The smallest absolute Gasteiger partial charge is 0.170 e. The normalized spacial score (nSPS) is 30.8. The van der Waals surface area contributed by atoms with E-state index in [1.807, 2.05) is 0 Å². The van der Waals surface area contributed by atoms with Crippen molar-refractivity contribution in [1.82, 2.24) is 4.90 Å².